The van der Waals surface area contributed by atoms with E-state index in [9.17, 15) is 4.79 Å². The third-order valence-electron chi connectivity index (χ3n) is 3.57. The molecule has 0 saturated carbocycles. The zero-order chi connectivity index (χ0) is 14.3. The Morgan fingerprint density at radius 2 is 1.37 bits per heavy atom. The number of amides is 1. The molecule has 1 amide bonds. The van der Waals surface area contributed by atoms with E-state index in [0.29, 0.717) is 11.2 Å². The van der Waals surface area contributed by atoms with Crippen molar-refractivity contribution in [2.75, 3.05) is 0 Å². The highest BCUT2D eigenvalue weighted by Crippen LogP contribution is 2.17. The molecule has 3 heteroatoms. The average Bonchev–Trinajstić information content (AvgIpc) is 2.38. The number of halogens is 1. The molecule has 0 aliphatic carbocycles. The maximum Gasteiger partial charge on any atom is 0.217 e. The number of carbonyl (C=O) groups is 1. The number of unbranched alkanes of at least 4 members (excludes halogenated alkanes) is 9. The Labute approximate surface area is 128 Å². The van der Waals surface area contributed by atoms with Crippen molar-refractivity contribution >= 4 is 21.8 Å². The van der Waals surface area contributed by atoms with Gasteiger partial charge in [-0.15, -0.1) is 0 Å². The van der Waals surface area contributed by atoms with Gasteiger partial charge in [0.2, 0.25) is 5.91 Å². The van der Waals surface area contributed by atoms with Gasteiger partial charge >= 0.3 is 0 Å². The van der Waals surface area contributed by atoms with Crippen LogP contribution in [0.2, 0.25) is 0 Å². The molecule has 0 rings (SSSR count). The highest BCUT2D eigenvalue weighted by Gasteiger charge is 2.05. The van der Waals surface area contributed by atoms with Crippen LogP contribution in [0.15, 0.2) is 0 Å². The fraction of sp³-hybridized carbons (Fsp3) is 0.938. The number of hydrogen-bond acceptors (Lipinski definition) is 1. The minimum absolute atomic E-state index is 0.187. The van der Waals surface area contributed by atoms with Crippen LogP contribution >= 0.6 is 15.9 Å². The van der Waals surface area contributed by atoms with E-state index < -0.39 is 0 Å². The molecule has 0 aromatic heterocycles. The molecule has 0 aliphatic heterocycles. The Bertz CT molecular complexity index is 209. The summed E-state index contributed by atoms with van der Waals surface area (Å²) in [6, 6.07) is 0. The van der Waals surface area contributed by atoms with Gasteiger partial charge in [0.1, 0.15) is 0 Å². The Hall–Kier alpha value is -0.0500. The number of hydrogen-bond donors (Lipinski definition) is 1. The van der Waals surface area contributed by atoms with E-state index >= 15 is 0 Å². The fourth-order valence-corrected chi connectivity index (χ4v) is 2.85. The lowest BCUT2D eigenvalue weighted by Gasteiger charge is -2.08. The van der Waals surface area contributed by atoms with Gasteiger partial charge in [-0.3, -0.25) is 4.79 Å². The Kier molecular flexibility index (Phi) is 14.3. The normalized spacial score (nSPS) is 12.5. The Balaban J connectivity index is 3.11. The topological polar surface area (TPSA) is 43.1 Å². The summed E-state index contributed by atoms with van der Waals surface area (Å²) in [6.07, 6.45) is 16.3. The first-order valence-electron chi connectivity index (χ1n) is 8.09. The molecule has 0 aromatic rings. The predicted octanol–water partition coefficient (Wildman–Crippen LogP) is 5.33. The standard InChI is InChI=1S/C16H32BrNO/c1-2-3-4-5-6-7-8-9-10-11-12-15(17)13-14-16(18)19/h15H,2-14H2,1H3,(H2,18,19). The lowest BCUT2D eigenvalue weighted by atomic mass is 10.0. The predicted molar refractivity (Wildman–Crippen MR) is 87.6 cm³/mol. The van der Waals surface area contributed by atoms with Gasteiger partial charge in [0.25, 0.3) is 0 Å². The van der Waals surface area contributed by atoms with Gasteiger partial charge in [0.05, 0.1) is 0 Å². The van der Waals surface area contributed by atoms with Gasteiger partial charge in [-0.1, -0.05) is 87.1 Å². The molecule has 0 fully saturated rings. The molecule has 2 N–H and O–H groups in total. The SMILES string of the molecule is CCCCCCCCCCCCC(Br)CCC(N)=O. The molecular formula is C16H32BrNO. The number of nitrogens with two attached hydrogens (primary N) is 1. The van der Waals surface area contributed by atoms with E-state index in [1.165, 1.54) is 70.6 Å². The second-order valence-electron chi connectivity index (χ2n) is 5.57. The van der Waals surface area contributed by atoms with Crippen LogP contribution in [0.5, 0.6) is 0 Å². The van der Waals surface area contributed by atoms with Crippen LogP contribution < -0.4 is 5.73 Å². The van der Waals surface area contributed by atoms with Crippen molar-refractivity contribution in [3.05, 3.63) is 0 Å². The second kappa shape index (κ2) is 14.4. The summed E-state index contributed by atoms with van der Waals surface area (Å²) >= 11 is 3.62. The van der Waals surface area contributed by atoms with Gasteiger partial charge in [-0.05, 0) is 12.8 Å². The highest BCUT2D eigenvalue weighted by molar-refractivity contribution is 9.09. The molecule has 0 spiro atoms. The van der Waals surface area contributed by atoms with Crippen molar-refractivity contribution in [1.82, 2.24) is 0 Å². The molecule has 0 aliphatic rings. The molecule has 0 heterocycles. The Morgan fingerprint density at radius 3 is 1.84 bits per heavy atom. The summed E-state index contributed by atoms with van der Waals surface area (Å²) in [5, 5.41) is 0. The zero-order valence-electron chi connectivity index (χ0n) is 12.6. The van der Waals surface area contributed by atoms with Crippen molar-refractivity contribution < 1.29 is 4.79 Å². The van der Waals surface area contributed by atoms with Gasteiger partial charge in [-0.25, -0.2) is 0 Å². The van der Waals surface area contributed by atoms with E-state index in [1.54, 1.807) is 0 Å². The van der Waals surface area contributed by atoms with Gasteiger partial charge < -0.3 is 5.73 Å². The van der Waals surface area contributed by atoms with Crippen LogP contribution in [-0.4, -0.2) is 10.7 Å². The van der Waals surface area contributed by atoms with Crippen molar-refractivity contribution in [3.63, 3.8) is 0 Å². The smallest absolute Gasteiger partial charge is 0.217 e. The molecule has 1 atom stereocenters. The third kappa shape index (κ3) is 15.9. The highest BCUT2D eigenvalue weighted by atomic mass is 79.9. The van der Waals surface area contributed by atoms with Gasteiger partial charge in [-0.2, -0.15) is 0 Å². The number of carbonyl (C=O) groups excluding carboxylic acids is 1. The van der Waals surface area contributed by atoms with E-state index in [0.717, 1.165) is 6.42 Å². The van der Waals surface area contributed by atoms with E-state index in [1.807, 2.05) is 0 Å². The van der Waals surface area contributed by atoms with Gasteiger partial charge in [0, 0.05) is 11.2 Å². The fourth-order valence-electron chi connectivity index (χ4n) is 2.30. The van der Waals surface area contributed by atoms with Crippen LogP contribution in [-0.2, 0) is 4.79 Å². The Morgan fingerprint density at radius 1 is 0.895 bits per heavy atom. The summed E-state index contributed by atoms with van der Waals surface area (Å²) < 4.78 is 0. The second-order valence-corrected chi connectivity index (χ2v) is 6.87. The summed E-state index contributed by atoms with van der Waals surface area (Å²) in [4.78, 5) is 11.1. The summed E-state index contributed by atoms with van der Waals surface area (Å²) in [5.74, 6) is -0.187. The van der Waals surface area contributed by atoms with E-state index in [2.05, 4.69) is 22.9 Å². The molecular weight excluding hydrogens is 302 g/mol. The molecule has 1 unspecified atom stereocenters. The first kappa shape index (κ1) is 18.9. The van der Waals surface area contributed by atoms with Crippen molar-refractivity contribution in [2.24, 2.45) is 5.73 Å². The van der Waals surface area contributed by atoms with E-state index in [-0.39, 0.29) is 5.91 Å². The van der Waals surface area contributed by atoms with Crippen molar-refractivity contribution in [3.8, 4) is 0 Å². The first-order valence-corrected chi connectivity index (χ1v) is 9.00. The zero-order valence-corrected chi connectivity index (χ0v) is 14.2. The minimum Gasteiger partial charge on any atom is -0.370 e. The van der Waals surface area contributed by atoms with Crippen LogP contribution in [0.4, 0.5) is 0 Å². The average molecular weight is 334 g/mol. The first-order chi connectivity index (χ1) is 9.16. The van der Waals surface area contributed by atoms with Crippen LogP contribution in [0.25, 0.3) is 0 Å². The quantitative estimate of drug-likeness (QED) is 0.339. The molecule has 0 radical (unpaired) electrons. The molecule has 0 aromatic carbocycles. The summed E-state index contributed by atoms with van der Waals surface area (Å²) in [6.45, 7) is 2.26. The van der Waals surface area contributed by atoms with Crippen LogP contribution in [0.1, 0.15) is 90.4 Å². The molecule has 0 bridgehead atoms. The van der Waals surface area contributed by atoms with Crippen LogP contribution in [0, 0.1) is 0 Å². The van der Waals surface area contributed by atoms with Crippen molar-refractivity contribution in [1.29, 1.82) is 0 Å². The van der Waals surface area contributed by atoms with Gasteiger partial charge in [0.15, 0.2) is 0 Å². The third-order valence-corrected chi connectivity index (χ3v) is 4.49. The molecule has 0 saturated heterocycles. The maximum atomic E-state index is 10.6. The minimum atomic E-state index is -0.187. The lowest BCUT2D eigenvalue weighted by molar-refractivity contribution is -0.118. The van der Waals surface area contributed by atoms with Crippen molar-refractivity contribution in [2.45, 2.75) is 95.2 Å². The summed E-state index contributed by atoms with van der Waals surface area (Å²) in [5.41, 5.74) is 5.13. The largest absolute Gasteiger partial charge is 0.370 e. The molecule has 19 heavy (non-hydrogen) atoms. The monoisotopic (exact) mass is 333 g/mol. The number of rotatable bonds is 14. The van der Waals surface area contributed by atoms with E-state index in [4.69, 9.17) is 5.73 Å². The number of primary amides is 1. The lowest BCUT2D eigenvalue weighted by Crippen LogP contribution is -2.12. The number of alkyl halides is 1. The molecule has 114 valence electrons. The van der Waals surface area contributed by atoms with Crippen LogP contribution in [0.3, 0.4) is 0 Å². The molecule has 2 nitrogen and oxygen atoms in total. The maximum absolute atomic E-state index is 10.6. The summed E-state index contributed by atoms with van der Waals surface area (Å²) in [7, 11) is 0.